The highest BCUT2D eigenvalue weighted by molar-refractivity contribution is 7.22. The van der Waals surface area contributed by atoms with Gasteiger partial charge >= 0.3 is 11.9 Å². The lowest BCUT2D eigenvalue weighted by Gasteiger charge is -2.31. The Hall–Kier alpha value is -14.9. The van der Waals surface area contributed by atoms with E-state index in [9.17, 15) is 53.1 Å². The number of ether oxygens (including phenoxy) is 3. The second-order valence-corrected chi connectivity index (χ2v) is 40.2. The molecule has 0 spiro atoms. The Morgan fingerprint density at radius 2 is 0.893 bits per heavy atom. The number of aromatic carboxylic acids is 1. The number of aromatic nitrogens is 8. The molecule has 2 atom stereocenters. The smallest absolute Gasteiger partial charge is 0.358 e. The van der Waals surface area contributed by atoms with Crippen molar-refractivity contribution in [2.75, 3.05) is 44.2 Å². The number of rotatable bonds is 24. The summed E-state index contributed by atoms with van der Waals surface area (Å²) in [4.78, 5) is 152. The van der Waals surface area contributed by atoms with Crippen LogP contribution >= 0.6 is 22.7 Å². The molecule has 10 heterocycles. The van der Waals surface area contributed by atoms with Crippen LogP contribution in [0.1, 0.15) is 222 Å². The molecule has 6 aliphatic rings. The van der Waals surface area contributed by atoms with Gasteiger partial charge in [-0.1, -0.05) is 95.5 Å². The number of pyridine rings is 2. The number of imide groups is 2. The van der Waals surface area contributed by atoms with Gasteiger partial charge in [0.05, 0.1) is 66.9 Å². The second kappa shape index (κ2) is 40.3. The lowest BCUT2D eigenvalue weighted by atomic mass is 9.84. The van der Waals surface area contributed by atoms with Crippen molar-refractivity contribution in [3.05, 3.63) is 249 Å². The Labute approximate surface area is 815 Å². The zero-order chi connectivity index (χ0) is 97.3. The fraction of sp³-hybridized carbons (Fsp3) is 0.333. The van der Waals surface area contributed by atoms with Gasteiger partial charge in [0, 0.05) is 110 Å². The molecular formula is C108H108N16O14S2. The number of para-hydroxylation sites is 2. The number of carbonyl (C=O) groups excluding carboxylic acids is 9. The molecule has 8 amide bonds. The summed E-state index contributed by atoms with van der Waals surface area (Å²) in [7, 11) is 3.61. The number of aryl methyl sites for hydroxylation is 2. The Morgan fingerprint density at radius 3 is 1.32 bits per heavy atom. The van der Waals surface area contributed by atoms with Crippen LogP contribution in [0.2, 0.25) is 0 Å². The van der Waals surface area contributed by atoms with Gasteiger partial charge in [-0.25, -0.2) is 29.5 Å². The van der Waals surface area contributed by atoms with Crippen LogP contribution in [0.4, 0.5) is 33.3 Å². The molecule has 140 heavy (non-hydrogen) atoms. The molecule has 4 aliphatic heterocycles. The van der Waals surface area contributed by atoms with Crippen LogP contribution in [0.5, 0.6) is 11.5 Å². The van der Waals surface area contributed by atoms with Crippen molar-refractivity contribution in [1.82, 2.24) is 50.1 Å². The minimum absolute atomic E-state index is 0.000647. The first kappa shape index (κ1) is 94.1. The number of carbonyl (C=O) groups is 10. The molecule has 2 unspecified atom stereocenters. The molecule has 716 valence electrons. The number of hydrogen-bond acceptors (Lipinski definition) is 23. The maximum absolute atomic E-state index is 14.1. The summed E-state index contributed by atoms with van der Waals surface area (Å²) in [5.41, 5.74) is 14.7. The number of amides is 8. The molecule has 2 aliphatic carbocycles. The number of carboxylic acid groups (broad SMARTS) is 1. The first-order chi connectivity index (χ1) is 67.6. The van der Waals surface area contributed by atoms with Crippen LogP contribution < -0.4 is 51.2 Å². The molecule has 6 aromatic heterocycles. The summed E-state index contributed by atoms with van der Waals surface area (Å²) < 4.78 is 24.7. The Balaban J connectivity index is 0.000000179. The molecule has 20 rings (SSSR count). The third-order valence-electron chi connectivity index (χ3n) is 27.6. The number of esters is 1. The number of fused-ring (bicyclic) bond motifs is 6. The maximum Gasteiger partial charge on any atom is 0.358 e. The van der Waals surface area contributed by atoms with Gasteiger partial charge in [-0.15, -0.1) is 0 Å². The summed E-state index contributed by atoms with van der Waals surface area (Å²) >= 11 is 2.86. The highest BCUT2D eigenvalue weighted by atomic mass is 32.1. The van der Waals surface area contributed by atoms with Crippen LogP contribution in [-0.4, -0.2) is 135 Å². The normalized spacial score (nSPS) is 18.2. The number of thiazole rings is 2. The van der Waals surface area contributed by atoms with Gasteiger partial charge in [-0.05, 0) is 290 Å². The van der Waals surface area contributed by atoms with Crippen molar-refractivity contribution in [3.63, 3.8) is 0 Å². The van der Waals surface area contributed by atoms with E-state index in [1.165, 1.54) is 22.7 Å². The average Bonchev–Trinajstić information content (AvgIpc) is 1.56. The summed E-state index contributed by atoms with van der Waals surface area (Å²) in [5, 5.41) is 39.4. The van der Waals surface area contributed by atoms with E-state index in [1.54, 1.807) is 16.4 Å². The topological polar surface area (TPSA) is 384 Å². The number of benzene rings is 8. The fourth-order valence-electron chi connectivity index (χ4n) is 20.3. The van der Waals surface area contributed by atoms with E-state index >= 15 is 0 Å². The first-order valence-electron chi connectivity index (χ1n) is 47.9. The Morgan fingerprint density at radius 1 is 0.464 bits per heavy atom. The molecule has 30 nitrogen and oxygen atoms in total. The molecular weight excluding hydrogens is 1810 g/mol. The van der Waals surface area contributed by atoms with Crippen molar-refractivity contribution in [2.24, 2.45) is 25.9 Å². The predicted molar refractivity (Wildman–Crippen MR) is 539 cm³/mol. The van der Waals surface area contributed by atoms with Crippen LogP contribution in [0.3, 0.4) is 0 Å². The number of piperidine rings is 2. The second-order valence-electron chi connectivity index (χ2n) is 38.1. The highest BCUT2D eigenvalue weighted by Crippen LogP contribution is 2.43. The van der Waals surface area contributed by atoms with Crippen molar-refractivity contribution < 1.29 is 67.3 Å². The van der Waals surface area contributed by atoms with E-state index in [4.69, 9.17) is 24.2 Å². The molecule has 2 saturated heterocycles. The summed E-state index contributed by atoms with van der Waals surface area (Å²) in [6.07, 6.45) is 12.1. The SMILES string of the molecule is Cc1c(OC2CCC(CCC(=O)Nc3ccc4c(C5CCC(=O)NC5=O)nn(C)c4c3)CC2)cccc1-c1ccc(N2CCc3cccc(C(=O)Nc4nc5ccccc5s4)c3C2)nc1C(=O)O.Cc1c(OC2CCC(CCC(=O)Nc3ccc4c(C5CCC(=O)NC5=O)nn(C)c4c3)CC2)cccc1-c1ccc(N2CCc3cccc(C(=O)Nc4nc5ccccc5s4)c3C2)nc1C(=O)OC(C)(C)C. The molecule has 4 fully saturated rings. The van der Waals surface area contributed by atoms with Crippen molar-refractivity contribution in [3.8, 4) is 33.8 Å². The average molecular weight is 1920 g/mol. The standard InChI is InChI=1S/C56H58N8O7S.C52H50N8O7S/c1-32-37(11-9-14-45(32)70-36-20-16-33(17-21-36)18-26-48(65)57-35-19-22-40-44(30-35)63(5)62-50(40)41-24-27-49(66)60-53(41)68)38-23-25-47(59-51(38)54(69)71-56(2,3)4)64-29-28-34-10-8-12-39(42(34)31-64)52(67)61-55-58-43-13-6-7-15-46(43)72-55;1-29-34(35-20-22-44(55-48(35)51(65)66)60-26-25-31-7-5-9-36(39(31)28-60)49(63)57-52-54-40-10-3-4-12-43(40)68-52)8-6-11-42(29)67-33-17-13-30(14-18-33)15-23-45(61)53-32-16-19-37-41(27-32)59(2)58-47(37)38-21-24-46(62)56-50(38)64/h6-15,19,22-23,25,30,33,36,41H,16-18,20-21,24,26-29,31H2,1-5H3,(H,57,65)(H,58,61,67)(H,60,66,68);3-12,16,19-20,22,27,30,33,38H,13-15,17-18,21,23-26,28H2,1-2H3,(H,53,61)(H,65,66)(H,54,57,63)(H,56,62,64). The predicted octanol–water partition coefficient (Wildman–Crippen LogP) is 19.1. The summed E-state index contributed by atoms with van der Waals surface area (Å²) in [5.74, 6) is -1.10. The molecule has 0 radical (unpaired) electrons. The third kappa shape index (κ3) is 20.6. The molecule has 2 saturated carbocycles. The van der Waals surface area contributed by atoms with Gasteiger partial charge < -0.3 is 39.8 Å². The van der Waals surface area contributed by atoms with E-state index in [-0.39, 0.29) is 83.7 Å². The molecule has 7 N–H and O–H groups in total. The van der Waals surface area contributed by atoms with Crippen LogP contribution in [0, 0.1) is 25.7 Å². The van der Waals surface area contributed by atoms with Gasteiger partial charge in [0.1, 0.15) is 28.7 Å². The number of anilines is 6. The van der Waals surface area contributed by atoms with Crippen molar-refractivity contribution >= 4 is 157 Å². The lowest BCUT2D eigenvalue weighted by Crippen LogP contribution is -2.39. The first-order valence-corrected chi connectivity index (χ1v) is 49.5. The minimum atomic E-state index is -1.14. The number of nitrogens with zero attached hydrogens (tertiary/aromatic N) is 10. The zero-order valence-corrected chi connectivity index (χ0v) is 80.5. The molecule has 32 heteroatoms. The Kier molecular flexibility index (Phi) is 27.0. The van der Waals surface area contributed by atoms with Gasteiger partial charge in [-0.3, -0.25) is 69.0 Å². The van der Waals surface area contributed by atoms with Gasteiger partial charge in [0.2, 0.25) is 35.4 Å². The summed E-state index contributed by atoms with van der Waals surface area (Å²) in [6.45, 7) is 11.6. The van der Waals surface area contributed by atoms with E-state index in [0.717, 1.165) is 157 Å². The number of nitrogens with one attached hydrogen (secondary N) is 6. The van der Waals surface area contributed by atoms with Crippen LogP contribution in [0.15, 0.2) is 182 Å². The number of hydrogen-bond donors (Lipinski definition) is 7. The van der Waals surface area contributed by atoms with E-state index in [0.29, 0.717) is 149 Å². The van der Waals surface area contributed by atoms with Gasteiger partial charge in [0.15, 0.2) is 21.7 Å². The van der Waals surface area contributed by atoms with E-state index in [2.05, 4.69) is 63.0 Å². The monoisotopic (exact) mass is 1920 g/mol. The third-order valence-corrected chi connectivity index (χ3v) is 29.5. The fourth-order valence-corrected chi connectivity index (χ4v) is 22.0. The molecule has 0 bridgehead atoms. The summed E-state index contributed by atoms with van der Waals surface area (Å²) in [6, 6.07) is 57.4. The largest absolute Gasteiger partial charge is 0.490 e. The van der Waals surface area contributed by atoms with Crippen molar-refractivity contribution in [2.45, 2.75) is 193 Å². The number of carboxylic acids is 1. The maximum atomic E-state index is 14.1. The minimum Gasteiger partial charge on any atom is -0.490 e. The van der Waals surface area contributed by atoms with Gasteiger partial charge in [0.25, 0.3) is 11.8 Å². The van der Waals surface area contributed by atoms with E-state index < -0.39 is 29.4 Å². The van der Waals surface area contributed by atoms with Gasteiger partial charge in [-0.2, -0.15) is 10.2 Å². The highest BCUT2D eigenvalue weighted by Gasteiger charge is 2.37. The van der Waals surface area contributed by atoms with Crippen LogP contribution in [-0.2, 0) is 73.5 Å². The van der Waals surface area contributed by atoms with E-state index in [1.807, 2.05) is 222 Å². The zero-order valence-electron chi connectivity index (χ0n) is 78.9. The Bertz CT molecular complexity index is 7210. The quantitative estimate of drug-likeness (QED) is 0.0218. The van der Waals surface area contributed by atoms with Crippen molar-refractivity contribution in [1.29, 1.82) is 0 Å². The van der Waals surface area contributed by atoms with Crippen LogP contribution in [0.25, 0.3) is 64.5 Å². The molecule has 8 aromatic carbocycles. The molecule has 14 aromatic rings. The lowest BCUT2D eigenvalue weighted by molar-refractivity contribution is -0.135.